The number of sulfonamides is 1. The first kappa shape index (κ1) is 27.4. The van der Waals surface area contributed by atoms with Crippen LogP contribution in [0.2, 0.25) is 10.0 Å². The number of nitrogens with one attached hydrogen (secondary N) is 1. The van der Waals surface area contributed by atoms with Gasteiger partial charge in [-0.05, 0) is 59.1 Å². The third-order valence-corrected chi connectivity index (χ3v) is 7.41. The lowest BCUT2D eigenvalue weighted by Crippen LogP contribution is -2.52. The normalized spacial score (nSPS) is 12.2. The van der Waals surface area contributed by atoms with Crippen LogP contribution in [0, 0.1) is 0 Å². The maximum absolute atomic E-state index is 13.5. The van der Waals surface area contributed by atoms with Gasteiger partial charge in [-0.2, -0.15) is 0 Å². The molecule has 0 bridgehead atoms. The molecule has 2 aromatic carbocycles. The molecule has 0 fully saturated rings. The maximum atomic E-state index is 13.5. The number of benzene rings is 2. The van der Waals surface area contributed by atoms with E-state index in [1.165, 1.54) is 4.90 Å². The van der Waals surface area contributed by atoms with E-state index in [2.05, 4.69) is 21.2 Å². The van der Waals surface area contributed by atoms with Crippen molar-refractivity contribution in [2.24, 2.45) is 0 Å². The molecule has 1 atom stereocenters. The summed E-state index contributed by atoms with van der Waals surface area (Å²) in [6.45, 7) is 3.55. The van der Waals surface area contributed by atoms with Crippen molar-refractivity contribution in [3.05, 3.63) is 62.5 Å². The van der Waals surface area contributed by atoms with Gasteiger partial charge < -0.3 is 10.2 Å². The van der Waals surface area contributed by atoms with Crippen LogP contribution in [0.4, 0.5) is 5.69 Å². The van der Waals surface area contributed by atoms with Gasteiger partial charge in [0.2, 0.25) is 21.8 Å². The van der Waals surface area contributed by atoms with Gasteiger partial charge in [-0.3, -0.25) is 13.9 Å². The first-order valence-corrected chi connectivity index (χ1v) is 13.6. The molecule has 0 aliphatic rings. The van der Waals surface area contributed by atoms with Gasteiger partial charge in [-0.1, -0.05) is 48.3 Å². The number of anilines is 1. The van der Waals surface area contributed by atoms with Crippen LogP contribution < -0.4 is 9.62 Å². The minimum Gasteiger partial charge on any atom is -0.355 e. The molecule has 0 aliphatic heterocycles. The zero-order valence-corrected chi connectivity index (χ0v) is 22.4. The van der Waals surface area contributed by atoms with Crippen molar-refractivity contribution in [1.82, 2.24) is 10.2 Å². The molecular weight excluding hydrogens is 553 g/mol. The SMILES string of the molecule is CCNC(=O)[C@H](CC)N(Cc1ccc(Cl)c(Cl)c1)C(=O)CN(c1ccccc1Br)S(C)(=O)=O. The summed E-state index contributed by atoms with van der Waals surface area (Å²) in [6.07, 6.45) is 1.37. The van der Waals surface area contributed by atoms with Crippen molar-refractivity contribution in [2.75, 3.05) is 23.7 Å². The number of amides is 2. The van der Waals surface area contributed by atoms with Crippen molar-refractivity contribution in [1.29, 1.82) is 0 Å². The van der Waals surface area contributed by atoms with Crippen molar-refractivity contribution >= 4 is 66.7 Å². The Morgan fingerprint density at radius 2 is 1.76 bits per heavy atom. The highest BCUT2D eigenvalue weighted by Gasteiger charge is 2.32. The number of para-hydroxylation sites is 1. The first-order valence-electron chi connectivity index (χ1n) is 10.2. The summed E-state index contributed by atoms with van der Waals surface area (Å²) < 4.78 is 26.7. The zero-order chi connectivity index (χ0) is 24.8. The Labute approximate surface area is 213 Å². The fourth-order valence-electron chi connectivity index (χ4n) is 3.29. The molecule has 0 aromatic heterocycles. The molecule has 0 unspecified atom stereocenters. The van der Waals surface area contributed by atoms with Gasteiger partial charge in [0.15, 0.2) is 0 Å². The van der Waals surface area contributed by atoms with Crippen LogP contribution in [0.15, 0.2) is 46.9 Å². The minimum absolute atomic E-state index is 0.0545. The van der Waals surface area contributed by atoms with Crippen molar-refractivity contribution in [3.8, 4) is 0 Å². The first-order chi connectivity index (χ1) is 15.5. The molecule has 1 N–H and O–H groups in total. The number of carbonyl (C=O) groups excluding carboxylic acids is 2. The molecule has 180 valence electrons. The highest BCUT2D eigenvalue weighted by molar-refractivity contribution is 9.10. The van der Waals surface area contributed by atoms with E-state index in [9.17, 15) is 18.0 Å². The van der Waals surface area contributed by atoms with Crippen molar-refractivity contribution < 1.29 is 18.0 Å². The summed E-state index contributed by atoms with van der Waals surface area (Å²) in [6, 6.07) is 10.9. The molecular formula is C22H26BrCl2N3O4S. The van der Waals surface area contributed by atoms with Crippen LogP contribution in [0.5, 0.6) is 0 Å². The van der Waals surface area contributed by atoms with Gasteiger partial charge in [-0.15, -0.1) is 0 Å². The second-order valence-corrected chi connectivity index (χ2v) is 10.9. The smallest absolute Gasteiger partial charge is 0.244 e. The Morgan fingerprint density at radius 1 is 1.09 bits per heavy atom. The molecule has 0 saturated heterocycles. The number of carbonyl (C=O) groups is 2. The topological polar surface area (TPSA) is 86.8 Å². The quantitative estimate of drug-likeness (QED) is 0.451. The zero-order valence-electron chi connectivity index (χ0n) is 18.5. The molecule has 11 heteroatoms. The van der Waals surface area contributed by atoms with Crippen LogP contribution in [-0.4, -0.2) is 50.5 Å². The van der Waals surface area contributed by atoms with Crippen LogP contribution in [0.25, 0.3) is 0 Å². The van der Waals surface area contributed by atoms with Gasteiger partial charge in [0.1, 0.15) is 12.6 Å². The number of rotatable bonds is 10. The molecule has 7 nitrogen and oxygen atoms in total. The minimum atomic E-state index is -3.80. The number of nitrogens with zero attached hydrogens (tertiary/aromatic N) is 2. The van der Waals surface area contributed by atoms with Crippen LogP contribution in [0.3, 0.4) is 0 Å². The fourth-order valence-corrected chi connectivity index (χ4v) is 5.09. The summed E-state index contributed by atoms with van der Waals surface area (Å²) in [5.41, 5.74) is 0.987. The fraction of sp³-hybridized carbons (Fsp3) is 0.364. The van der Waals surface area contributed by atoms with Gasteiger partial charge in [-0.25, -0.2) is 8.42 Å². The number of hydrogen-bond donors (Lipinski definition) is 1. The Kier molecular flexibility index (Phi) is 10.0. The molecule has 0 spiro atoms. The van der Waals surface area contributed by atoms with Crippen molar-refractivity contribution in [2.45, 2.75) is 32.9 Å². The summed E-state index contributed by atoms with van der Waals surface area (Å²) in [7, 11) is -3.80. The van der Waals surface area contributed by atoms with E-state index >= 15 is 0 Å². The van der Waals surface area contributed by atoms with E-state index in [1.807, 2.05) is 0 Å². The van der Waals surface area contributed by atoms with Crippen molar-refractivity contribution in [3.63, 3.8) is 0 Å². The average molecular weight is 579 g/mol. The third kappa shape index (κ3) is 7.34. The van der Waals surface area contributed by atoms with Crippen LogP contribution >= 0.6 is 39.1 Å². The highest BCUT2D eigenvalue weighted by atomic mass is 79.9. The summed E-state index contributed by atoms with van der Waals surface area (Å²) in [5, 5.41) is 3.43. The van der Waals surface area contributed by atoms with E-state index in [0.29, 0.717) is 38.7 Å². The summed E-state index contributed by atoms with van der Waals surface area (Å²) in [4.78, 5) is 27.6. The van der Waals surface area contributed by atoms with Gasteiger partial charge in [0.25, 0.3) is 0 Å². The van der Waals surface area contributed by atoms with E-state index < -0.39 is 28.5 Å². The molecule has 2 amide bonds. The van der Waals surface area contributed by atoms with Crippen LogP contribution in [0.1, 0.15) is 25.8 Å². The van der Waals surface area contributed by atoms with E-state index in [0.717, 1.165) is 10.6 Å². The average Bonchev–Trinajstić information content (AvgIpc) is 2.74. The lowest BCUT2D eigenvalue weighted by atomic mass is 10.1. The van der Waals surface area contributed by atoms with Gasteiger partial charge >= 0.3 is 0 Å². The standard InChI is InChI=1S/C22H26BrCl2N3O4S/c1-4-19(22(30)26-5-2)27(13-15-10-11-17(24)18(25)12-15)21(29)14-28(33(3,31)32)20-9-7-6-8-16(20)23/h6-12,19H,4-5,13-14H2,1-3H3,(H,26,30)/t19-/m0/s1. The highest BCUT2D eigenvalue weighted by Crippen LogP contribution is 2.28. The number of likely N-dealkylation sites (N-methyl/N-ethyl adjacent to an activating group) is 1. The Hall–Kier alpha value is -1.81. The maximum Gasteiger partial charge on any atom is 0.244 e. The number of halogens is 3. The van der Waals surface area contributed by atoms with E-state index in [4.69, 9.17) is 23.2 Å². The monoisotopic (exact) mass is 577 g/mol. The lowest BCUT2D eigenvalue weighted by molar-refractivity contribution is -0.140. The largest absolute Gasteiger partial charge is 0.355 e. The summed E-state index contributed by atoms with van der Waals surface area (Å²) >= 11 is 15.5. The van der Waals surface area contributed by atoms with Gasteiger partial charge in [0, 0.05) is 17.6 Å². The predicted octanol–water partition coefficient (Wildman–Crippen LogP) is 4.47. The molecule has 2 aromatic rings. The second-order valence-electron chi connectivity index (χ2n) is 7.31. The Morgan fingerprint density at radius 3 is 2.30 bits per heavy atom. The van der Waals surface area contributed by atoms with E-state index in [1.54, 1.807) is 56.3 Å². The summed E-state index contributed by atoms with van der Waals surface area (Å²) in [5.74, 6) is -0.847. The molecule has 0 radical (unpaired) electrons. The Bertz CT molecular complexity index is 1110. The van der Waals surface area contributed by atoms with Crippen LogP contribution in [-0.2, 0) is 26.2 Å². The molecule has 0 aliphatic carbocycles. The predicted molar refractivity (Wildman–Crippen MR) is 136 cm³/mol. The van der Waals surface area contributed by atoms with Gasteiger partial charge in [0.05, 0.1) is 22.0 Å². The molecule has 0 saturated carbocycles. The Balaban J connectivity index is 2.47. The molecule has 2 rings (SSSR count). The molecule has 0 heterocycles. The molecule has 33 heavy (non-hydrogen) atoms. The number of hydrogen-bond acceptors (Lipinski definition) is 4. The lowest BCUT2D eigenvalue weighted by Gasteiger charge is -2.33. The second kappa shape index (κ2) is 12.1. The third-order valence-electron chi connectivity index (χ3n) is 4.87. The van der Waals surface area contributed by atoms with E-state index in [-0.39, 0.29) is 12.5 Å².